The van der Waals surface area contributed by atoms with Gasteiger partial charge in [0.25, 0.3) is 0 Å². The lowest BCUT2D eigenvalue weighted by Crippen LogP contribution is -2.23. The third-order valence-electron chi connectivity index (χ3n) is 2.84. The van der Waals surface area contributed by atoms with Gasteiger partial charge in [0.05, 0.1) is 13.7 Å². The highest BCUT2D eigenvalue weighted by Gasteiger charge is 2.24. The number of ether oxygens (including phenoxy) is 1. The Morgan fingerprint density at radius 3 is 2.44 bits per heavy atom. The lowest BCUT2D eigenvalue weighted by Gasteiger charge is -2.26. The molecule has 0 radical (unpaired) electrons. The van der Waals surface area contributed by atoms with Crippen LogP contribution in [0.25, 0.3) is 0 Å². The summed E-state index contributed by atoms with van der Waals surface area (Å²) in [5.74, 6) is 0.884. The summed E-state index contributed by atoms with van der Waals surface area (Å²) in [6.07, 6.45) is 2.05. The number of rotatable bonds is 4. The van der Waals surface area contributed by atoms with E-state index in [9.17, 15) is 5.11 Å². The fourth-order valence-corrected chi connectivity index (χ4v) is 2.51. The number of thioether (sulfide) groups is 1. The first-order chi connectivity index (χ1) is 7.46. The molecule has 0 spiro atoms. The summed E-state index contributed by atoms with van der Waals surface area (Å²) in [7, 11) is 1.68. The number of hydrogen-bond acceptors (Lipinski definition) is 3. The molecule has 1 rings (SSSR count). The number of hydrogen-bond donors (Lipinski definition) is 1. The van der Waals surface area contributed by atoms with Crippen LogP contribution in [0.3, 0.4) is 0 Å². The fourth-order valence-electron chi connectivity index (χ4n) is 1.66. The zero-order chi connectivity index (χ0) is 12.3. The Bertz CT molecular complexity index is 372. The Morgan fingerprint density at radius 1 is 1.38 bits per heavy atom. The van der Waals surface area contributed by atoms with E-state index in [1.165, 1.54) is 4.90 Å². The van der Waals surface area contributed by atoms with Gasteiger partial charge in [-0.15, -0.1) is 11.8 Å². The van der Waals surface area contributed by atoms with Crippen molar-refractivity contribution in [2.45, 2.75) is 31.1 Å². The molecule has 1 aromatic rings. The predicted molar refractivity (Wildman–Crippen MR) is 69.6 cm³/mol. The second kappa shape index (κ2) is 5.11. The molecule has 0 amide bonds. The smallest absolute Gasteiger partial charge is 0.122 e. The summed E-state index contributed by atoms with van der Waals surface area (Å²) in [5, 5.41) is 9.45. The third kappa shape index (κ3) is 2.53. The average Bonchev–Trinajstić information content (AvgIpc) is 2.28. The molecule has 0 saturated heterocycles. The summed E-state index contributed by atoms with van der Waals surface area (Å²) < 4.78 is 5.33. The van der Waals surface area contributed by atoms with Crippen LogP contribution in [0, 0.1) is 6.92 Å². The number of benzene rings is 1. The van der Waals surface area contributed by atoms with E-state index in [0.717, 1.165) is 16.9 Å². The molecule has 0 aromatic heterocycles. The molecule has 2 nitrogen and oxygen atoms in total. The van der Waals surface area contributed by atoms with Crippen LogP contribution in [-0.2, 0) is 5.41 Å². The maximum absolute atomic E-state index is 9.45. The lowest BCUT2D eigenvalue weighted by atomic mass is 9.85. The zero-order valence-corrected chi connectivity index (χ0v) is 11.4. The van der Waals surface area contributed by atoms with Gasteiger partial charge < -0.3 is 9.84 Å². The molecule has 16 heavy (non-hydrogen) atoms. The molecule has 1 N–H and O–H groups in total. The van der Waals surface area contributed by atoms with Crippen molar-refractivity contribution >= 4 is 11.8 Å². The van der Waals surface area contributed by atoms with Gasteiger partial charge in [0, 0.05) is 10.3 Å². The van der Waals surface area contributed by atoms with Crippen molar-refractivity contribution in [2.24, 2.45) is 0 Å². The van der Waals surface area contributed by atoms with Crippen molar-refractivity contribution in [1.82, 2.24) is 0 Å². The minimum atomic E-state index is -0.237. The second-order valence-corrected chi connectivity index (χ2v) is 5.41. The molecule has 3 heteroatoms. The summed E-state index contributed by atoms with van der Waals surface area (Å²) in [4.78, 5) is 1.21. The number of aliphatic hydroxyl groups is 1. The van der Waals surface area contributed by atoms with E-state index in [1.54, 1.807) is 18.9 Å². The maximum atomic E-state index is 9.45. The van der Waals surface area contributed by atoms with E-state index in [4.69, 9.17) is 4.74 Å². The molecule has 0 atom stereocenters. The molecule has 0 aliphatic rings. The van der Waals surface area contributed by atoms with Gasteiger partial charge >= 0.3 is 0 Å². The standard InChI is InChI=1S/C13H20O2S/c1-9-6-12(16-5)10(7-11(9)15-4)13(2,3)8-14/h6-7,14H,8H2,1-5H3. The molecule has 0 aliphatic heterocycles. The molecule has 0 saturated carbocycles. The van der Waals surface area contributed by atoms with E-state index >= 15 is 0 Å². The van der Waals surface area contributed by atoms with Crippen molar-refractivity contribution in [3.8, 4) is 5.75 Å². The third-order valence-corrected chi connectivity index (χ3v) is 3.62. The van der Waals surface area contributed by atoms with Gasteiger partial charge in [-0.25, -0.2) is 0 Å². The van der Waals surface area contributed by atoms with Gasteiger partial charge in [0.15, 0.2) is 0 Å². The molecule has 0 bridgehead atoms. The van der Waals surface area contributed by atoms with Gasteiger partial charge in [-0.3, -0.25) is 0 Å². The Balaban J connectivity index is 3.36. The molecule has 0 unspecified atom stereocenters. The van der Waals surface area contributed by atoms with Crippen LogP contribution in [0.4, 0.5) is 0 Å². The SMILES string of the molecule is COc1cc(C(C)(C)CO)c(SC)cc1C. The van der Waals surface area contributed by atoms with Gasteiger partial charge in [0.2, 0.25) is 0 Å². The molecule has 90 valence electrons. The van der Waals surface area contributed by atoms with Crippen LogP contribution >= 0.6 is 11.8 Å². The highest BCUT2D eigenvalue weighted by Crippen LogP contribution is 2.36. The van der Waals surface area contributed by atoms with Crippen molar-refractivity contribution in [1.29, 1.82) is 0 Å². The molecule has 0 heterocycles. The fraction of sp³-hybridized carbons (Fsp3) is 0.538. The Labute approximate surface area is 102 Å². The van der Waals surface area contributed by atoms with Crippen LogP contribution in [0.15, 0.2) is 17.0 Å². The van der Waals surface area contributed by atoms with Crippen molar-refractivity contribution < 1.29 is 9.84 Å². The van der Waals surface area contributed by atoms with Crippen molar-refractivity contribution in [2.75, 3.05) is 20.0 Å². The predicted octanol–water partition coefficient (Wildman–Crippen LogP) is 3.00. The quantitative estimate of drug-likeness (QED) is 0.820. The number of aliphatic hydroxyl groups excluding tert-OH is 1. The van der Waals surface area contributed by atoms with Crippen LogP contribution in [0.5, 0.6) is 5.75 Å². The first kappa shape index (κ1) is 13.4. The van der Waals surface area contributed by atoms with Gasteiger partial charge in [-0.1, -0.05) is 13.8 Å². The highest BCUT2D eigenvalue weighted by atomic mass is 32.2. The van der Waals surface area contributed by atoms with Crippen LogP contribution in [-0.4, -0.2) is 25.1 Å². The highest BCUT2D eigenvalue weighted by molar-refractivity contribution is 7.98. The van der Waals surface area contributed by atoms with E-state index < -0.39 is 0 Å². The van der Waals surface area contributed by atoms with Crippen molar-refractivity contribution in [3.05, 3.63) is 23.3 Å². The normalized spacial score (nSPS) is 11.6. The van der Waals surface area contributed by atoms with Gasteiger partial charge in [-0.05, 0) is 36.4 Å². The van der Waals surface area contributed by atoms with E-state index in [2.05, 4.69) is 12.3 Å². The summed E-state index contributed by atoms with van der Waals surface area (Å²) in [5.41, 5.74) is 2.04. The molecular formula is C13H20O2S. The van der Waals surface area contributed by atoms with E-state index in [-0.39, 0.29) is 12.0 Å². The van der Waals surface area contributed by atoms with Gasteiger partial charge in [0.1, 0.15) is 5.75 Å². The monoisotopic (exact) mass is 240 g/mol. The zero-order valence-electron chi connectivity index (χ0n) is 10.6. The van der Waals surface area contributed by atoms with Crippen molar-refractivity contribution in [3.63, 3.8) is 0 Å². The minimum Gasteiger partial charge on any atom is -0.496 e. The molecule has 1 aromatic carbocycles. The largest absolute Gasteiger partial charge is 0.496 e. The van der Waals surface area contributed by atoms with E-state index in [0.29, 0.717) is 0 Å². The molecule has 0 fully saturated rings. The topological polar surface area (TPSA) is 29.5 Å². The van der Waals surface area contributed by atoms with Crippen LogP contribution < -0.4 is 4.74 Å². The van der Waals surface area contributed by atoms with Crippen LogP contribution in [0.1, 0.15) is 25.0 Å². The maximum Gasteiger partial charge on any atom is 0.122 e. The minimum absolute atomic E-state index is 0.132. The molecular weight excluding hydrogens is 220 g/mol. The summed E-state index contributed by atoms with van der Waals surface area (Å²) >= 11 is 1.70. The Morgan fingerprint density at radius 2 is 2.00 bits per heavy atom. The second-order valence-electron chi connectivity index (χ2n) is 4.56. The van der Waals surface area contributed by atoms with E-state index in [1.807, 2.05) is 26.8 Å². The average molecular weight is 240 g/mol. The summed E-state index contributed by atoms with van der Waals surface area (Å²) in [6, 6.07) is 4.16. The number of aryl methyl sites for hydroxylation is 1. The lowest BCUT2D eigenvalue weighted by molar-refractivity contribution is 0.216. The summed E-state index contributed by atoms with van der Waals surface area (Å²) in [6.45, 7) is 6.24. The number of methoxy groups -OCH3 is 1. The Kier molecular flexibility index (Phi) is 4.28. The Hall–Kier alpha value is -0.670. The van der Waals surface area contributed by atoms with Gasteiger partial charge in [-0.2, -0.15) is 0 Å². The first-order valence-corrected chi connectivity index (χ1v) is 6.52. The van der Waals surface area contributed by atoms with Crippen LogP contribution in [0.2, 0.25) is 0 Å². The molecule has 0 aliphatic carbocycles. The first-order valence-electron chi connectivity index (χ1n) is 5.30.